The first-order valence-electron chi connectivity index (χ1n) is 5.16. The Hall–Kier alpha value is -0.470. The highest BCUT2D eigenvalue weighted by molar-refractivity contribution is 8.27. The van der Waals surface area contributed by atoms with Gasteiger partial charge in [0.25, 0.3) is 5.91 Å². The Labute approximate surface area is 116 Å². The van der Waals surface area contributed by atoms with Crippen molar-refractivity contribution in [3.63, 3.8) is 0 Å². The van der Waals surface area contributed by atoms with Gasteiger partial charge in [0.2, 0.25) is 0 Å². The molecule has 1 aliphatic rings. The molecule has 1 aliphatic heterocycles. The van der Waals surface area contributed by atoms with Crippen molar-refractivity contribution in [2.24, 2.45) is 0 Å². The van der Waals surface area contributed by atoms with Crippen molar-refractivity contribution in [1.29, 1.82) is 0 Å². The summed E-state index contributed by atoms with van der Waals surface area (Å²) in [6.45, 7) is 0.0766. The predicted octanol–water partition coefficient (Wildman–Crippen LogP) is 2.79. The third kappa shape index (κ3) is 3.30. The van der Waals surface area contributed by atoms with Gasteiger partial charge >= 0.3 is 5.97 Å². The molecule has 0 aliphatic carbocycles. The van der Waals surface area contributed by atoms with E-state index in [-0.39, 0.29) is 18.0 Å². The lowest BCUT2D eigenvalue weighted by molar-refractivity contribution is -0.137. The zero-order valence-electron chi connectivity index (χ0n) is 9.31. The first kappa shape index (κ1) is 15.6. The molecule has 0 aromatic rings. The highest BCUT2D eigenvalue weighted by Gasteiger charge is 2.42. The fourth-order valence-electron chi connectivity index (χ4n) is 1.46. The predicted molar refractivity (Wildman–Crippen MR) is 69.4 cm³/mol. The Morgan fingerprint density at radius 3 is 2.28 bits per heavy atom. The number of halogens is 2. The molecule has 0 radical (unpaired) electrons. The van der Waals surface area contributed by atoms with E-state index in [0.29, 0.717) is 19.3 Å². The minimum absolute atomic E-state index is 0.0456. The van der Waals surface area contributed by atoms with E-state index in [0.717, 1.165) is 4.31 Å². The van der Waals surface area contributed by atoms with Crippen LogP contribution in [0.3, 0.4) is 0 Å². The van der Waals surface area contributed by atoms with Gasteiger partial charge in [0.1, 0.15) is 5.03 Å². The zero-order valence-corrected chi connectivity index (χ0v) is 11.6. The molecular weight excluding hydrogens is 305 g/mol. The Morgan fingerprint density at radius 1 is 1.22 bits per heavy atom. The molecule has 1 amide bonds. The lowest BCUT2D eigenvalue weighted by Gasteiger charge is -2.36. The van der Waals surface area contributed by atoms with Crippen molar-refractivity contribution >= 4 is 45.9 Å². The van der Waals surface area contributed by atoms with E-state index in [1.54, 1.807) is 0 Å². The normalized spacial score (nSPS) is 20.4. The molecule has 6 nitrogen and oxygen atoms in total. The molecule has 104 valence electrons. The molecule has 0 bridgehead atoms. The fraction of sp³-hybridized carbons (Fsp3) is 0.556. The number of nitrogens with zero attached hydrogens (tertiary/aromatic N) is 1. The maximum atomic E-state index is 11.6. The van der Waals surface area contributed by atoms with Crippen molar-refractivity contribution in [1.82, 2.24) is 4.31 Å². The summed E-state index contributed by atoms with van der Waals surface area (Å²) in [5.74, 6) is -1.59. The number of aliphatic carboxylic acids is 1. The summed E-state index contributed by atoms with van der Waals surface area (Å²) in [7, 11) is -3.49. The lowest BCUT2D eigenvalue weighted by atomic mass is 10.2. The molecule has 0 unspecified atom stereocenters. The van der Waals surface area contributed by atoms with Gasteiger partial charge in [-0.15, -0.1) is 0 Å². The maximum Gasteiger partial charge on any atom is 0.303 e. The summed E-state index contributed by atoms with van der Waals surface area (Å²) in [4.78, 5) is 21.8. The van der Waals surface area contributed by atoms with Crippen LogP contribution in [0.1, 0.15) is 25.7 Å². The smallest absolute Gasteiger partial charge is 0.303 e. The molecule has 0 saturated heterocycles. The van der Waals surface area contributed by atoms with Gasteiger partial charge in [0.15, 0.2) is 4.36 Å². The number of hydrogen-bond acceptors (Lipinski definition) is 4. The first-order chi connectivity index (χ1) is 8.28. The number of rotatable bonds is 6. The SMILES string of the molecule is O=C(O)CCCCCN1C(=O)C(Cl)=C(Cl)S1(O)O. The summed E-state index contributed by atoms with van der Waals surface area (Å²) in [5.41, 5.74) is 0. The minimum atomic E-state index is -3.49. The number of carbonyl (C=O) groups is 2. The summed E-state index contributed by atoms with van der Waals surface area (Å²) in [5, 5.41) is 8.06. The number of hydrogen-bond donors (Lipinski definition) is 3. The quantitative estimate of drug-likeness (QED) is 0.654. The van der Waals surface area contributed by atoms with Gasteiger partial charge in [-0.3, -0.25) is 18.7 Å². The lowest BCUT2D eigenvalue weighted by Crippen LogP contribution is -2.29. The maximum absolute atomic E-state index is 11.6. The van der Waals surface area contributed by atoms with Crippen LogP contribution in [0.4, 0.5) is 0 Å². The number of carboxylic acids is 1. The second kappa shape index (κ2) is 6.12. The van der Waals surface area contributed by atoms with E-state index in [9.17, 15) is 18.7 Å². The van der Waals surface area contributed by atoms with Gasteiger partial charge in [-0.1, -0.05) is 40.4 Å². The summed E-state index contributed by atoms with van der Waals surface area (Å²) in [6.07, 6.45) is 1.51. The minimum Gasteiger partial charge on any atom is -0.481 e. The van der Waals surface area contributed by atoms with Crippen molar-refractivity contribution in [2.45, 2.75) is 25.7 Å². The van der Waals surface area contributed by atoms with Crippen LogP contribution in [0.2, 0.25) is 0 Å². The van der Waals surface area contributed by atoms with E-state index < -0.39 is 27.0 Å². The van der Waals surface area contributed by atoms with Crippen LogP contribution in [-0.4, -0.2) is 36.9 Å². The van der Waals surface area contributed by atoms with Gasteiger partial charge in [-0.25, -0.2) is 4.31 Å². The Morgan fingerprint density at radius 2 is 1.83 bits per heavy atom. The van der Waals surface area contributed by atoms with Gasteiger partial charge in [0.05, 0.1) is 0 Å². The monoisotopic (exact) mass is 317 g/mol. The zero-order chi connectivity index (χ0) is 13.9. The average Bonchev–Trinajstić information content (AvgIpc) is 2.42. The topological polar surface area (TPSA) is 98.1 Å². The van der Waals surface area contributed by atoms with Crippen molar-refractivity contribution in [2.75, 3.05) is 6.54 Å². The van der Waals surface area contributed by atoms with Gasteiger partial charge in [-0.05, 0) is 12.8 Å². The van der Waals surface area contributed by atoms with Crippen LogP contribution in [0.5, 0.6) is 0 Å². The average molecular weight is 318 g/mol. The molecule has 0 aromatic heterocycles. The van der Waals surface area contributed by atoms with Crippen LogP contribution in [0, 0.1) is 0 Å². The summed E-state index contributed by atoms with van der Waals surface area (Å²) >= 11 is 11.1. The highest BCUT2D eigenvalue weighted by Crippen LogP contribution is 2.60. The van der Waals surface area contributed by atoms with Crippen LogP contribution in [-0.2, 0) is 9.59 Å². The Kier molecular flexibility index (Phi) is 5.30. The molecular formula is C9H13Cl2NO5S. The Bertz CT molecular complexity index is 398. The van der Waals surface area contributed by atoms with Crippen LogP contribution < -0.4 is 0 Å². The summed E-state index contributed by atoms with van der Waals surface area (Å²) in [6, 6.07) is 0. The largest absolute Gasteiger partial charge is 0.481 e. The van der Waals surface area contributed by atoms with E-state index in [1.165, 1.54) is 0 Å². The van der Waals surface area contributed by atoms with E-state index in [1.807, 2.05) is 0 Å². The number of unbranched alkanes of at least 4 members (excludes halogenated alkanes) is 2. The van der Waals surface area contributed by atoms with E-state index in [4.69, 9.17) is 28.3 Å². The third-order valence-electron chi connectivity index (χ3n) is 2.39. The molecule has 0 saturated carbocycles. The molecule has 0 atom stereocenters. The van der Waals surface area contributed by atoms with Crippen molar-refractivity contribution in [3.05, 3.63) is 9.40 Å². The van der Waals surface area contributed by atoms with Gasteiger partial charge in [-0.2, -0.15) is 0 Å². The number of carboxylic acid groups (broad SMARTS) is 1. The van der Waals surface area contributed by atoms with E-state index >= 15 is 0 Å². The van der Waals surface area contributed by atoms with Gasteiger partial charge in [0, 0.05) is 13.0 Å². The number of amides is 1. The molecule has 0 aromatic carbocycles. The van der Waals surface area contributed by atoms with Crippen molar-refractivity contribution in [3.8, 4) is 0 Å². The molecule has 1 heterocycles. The second-order valence-corrected chi connectivity index (χ2v) is 6.58. The molecule has 3 N–H and O–H groups in total. The first-order valence-corrected chi connectivity index (χ1v) is 7.41. The van der Waals surface area contributed by atoms with Crippen molar-refractivity contribution < 1.29 is 23.8 Å². The van der Waals surface area contributed by atoms with Gasteiger partial charge < -0.3 is 5.11 Å². The third-order valence-corrected chi connectivity index (χ3v) is 5.40. The molecule has 1 rings (SSSR count). The number of carbonyl (C=O) groups excluding carboxylic acids is 1. The highest BCUT2D eigenvalue weighted by atomic mass is 35.5. The molecule has 9 heteroatoms. The fourth-order valence-corrected chi connectivity index (χ4v) is 3.48. The molecule has 0 spiro atoms. The van der Waals surface area contributed by atoms with E-state index in [2.05, 4.69) is 0 Å². The Balaban J connectivity index is 2.45. The second-order valence-electron chi connectivity index (χ2n) is 3.72. The van der Waals surface area contributed by atoms with Crippen LogP contribution in [0.25, 0.3) is 0 Å². The molecule has 0 fully saturated rings. The van der Waals surface area contributed by atoms with Crippen LogP contribution >= 0.6 is 34.0 Å². The standard InChI is InChI=1S/C9H13Cl2NO5S/c10-7-8(11)18(16,17)12(9(7)15)5-3-1-2-4-6(13)14/h16-17H,1-5H2,(H,13,14). The summed E-state index contributed by atoms with van der Waals surface area (Å²) < 4.78 is 19.8. The molecule has 18 heavy (non-hydrogen) atoms. The van der Waals surface area contributed by atoms with Crippen LogP contribution in [0.15, 0.2) is 9.40 Å².